The van der Waals surface area contributed by atoms with Crippen LogP contribution in [0.25, 0.3) is 5.31 Å². The molecule has 2 aromatic carbocycles. The Morgan fingerprint density at radius 3 is 2.36 bits per heavy atom. The summed E-state index contributed by atoms with van der Waals surface area (Å²) in [5.74, 6) is 0.704. The molecule has 2 aromatic rings. The lowest BCUT2D eigenvalue weighted by Gasteiger charge is -2.25. The molecule has 0 fully saturated rings. The maximum atomic E-state index is 13.9. The molecule has 0 aliphatic rings. The molecule has 2 nitrogen and oxygen atoms in total. The van der Waals surface area contributed by atoms with Gasteiger partial charge in [-0.3, -0.25) is 0 Å². The third kappa shape index (κ3) is 2.95. The van der Waals surface area contributed by atoms with Gasteiger partial charge < -0.3 is 9.30 Å². The van der Waals surface area contributed by atoms with Crippen molar-refractivity contribution in [3.05, 3.63) is 72.5 Å². The Balaban J connectivity index is 2.67. The zero-order chi connectivity index (χ0) is 16.2. The summed E-state index contributed by atoms with van der Waals surface area (Å²) in [7, 11) is -1.24. The first-order valence-electron chi connectivity index (χ1n) is 7.24. The number of rotatable bonds is 5. The molecule has 0 aliphatic carbocycles. The molecule has 1 atom stereocenters. The van der Waals surface area contributed by atoms with E-state index in [1.807, 2.05) is 68.4 Å². The van der Waals surface area contributed by atoms with Crippen molar-refractivity contribution in [3.8, 4) is 5.75 Å². The monoisotopic (exact) mass is 312 g/mol. The first-order valence-corrected chi connectivity index (χ1v) is 9.02. The topological polar surface area (TPSA) is 26.3 Å². The van der Waals surface area contributed by atoms with E-state index in [4.69, 9.17) is 4.74 Å². The fraction of sp³-hybridized carbons (Fsp3) is 0.211. The van der Waals surface area contributed by atoms with Crippen LogP contribution in [0.1, 0.15) is 19.4 Å². The van der Waals surface area contributed by atoms with Crippen molar-refractivity contribution in [2.45, 2.75) is 19.5 Å². The van der Waals surface area contributed by atoms with Crippen molar-refractivity contribution in [2.24, 2.45) is 0 Å². The summed E-state index contributed by atoms with van der Waals surface area (Å²) in [6.45, 7) is 7.73. The van der Waals surface area contributed by atoms with Gasteiger partial charge in [-0.15, -0.1) is 5.73 Å². The van der Waals surface area contributed by atoms with E-state index in [9.17, 15) is 4.57 Å². The minimum Gasteiger partial charge on any atom is -0.497 e. The van der Waals surface area contributed by atoms with E-state index in [1.54, 1.807) is 7.11 Å². The van der Waals surface area contributed by atoms with Gasteiger partial charge in [-0.05, 0) is 17.7 Å². The summed E-state index contributed by atoms with van der Waals surface area (Å²) in [4.78, 5) is 0. The van der Waals surface area contributed by atoms with E-state index in [-0.39, 0.29) is 5.66 Å². The Labute approximate surface area is 132 Å². The highest BCUT2D eigenvalue weighted by atomic mass is 31.2. The van der Waals surface area contributed by atoms with Gasteiger partial charge in [-0.2, -0.15) is 0 Å². The zero-order valence-electron chi connectivity index (χ0n) is 13.2. The lowest BCUT2D eigenvalue weighted by atomic mass is 10.2. The average molecular weight is 312 g/mol. The Kier molecular flexibility index (Phi) is 5.08. The number of hydrogen-bond donors (Lipinski definition) is 0. The molecule has 0 heterocycles. The lowest BCUT2D eigenvalue weighted by Crippen LogP contribution is -2.14. The highest BCUT2D eigenvalue weighted by molar-refractivity contribution is 7.81. The van der Waals surface area contributed by atoms with Crippen LogP contribution in [0.4, 0.5) is 0 Å². The zero-order valence-corrected chi connectivity index (χ0v) is 14.1. The molecule has 0 N–H and O–H groups in total. The van der Waals surface area contributed by atoms with E-state index in [0.29, 0.717) is 11.1 Å². The number of ether oxygens (including phenoxy) is 1. The summed E-state index contributed by atoms with van der Waals surface area (Å²) >= 11 is 0. The average Bonchev–Trinajstić information content (AvgIpc) is 2.56. The number of benzene rings is 2. The van der Waals surface area contributed by atoms with Gasteiger partial charge in [-0.1, -0.05) is 62.9 Å². The fourth-order valence-electron chi connectivity index (χ4n) is 2.51. The summed E-state index contributed by atoms with van der Waals surface area (Å²) in [5.41, 5.74) is 3.79. The Morgan fingerprint density at radius 2 is 1.82 bits per heavy atom. The largest absolute Gasteiger partial charge is 0.497 e. The van der Waals surface area contributed by atoms with Crippen molar-refractivity contribution in [3.63, 3.8) is 0 Å². The molecule has 0 radical (unpaired) electrons. The van der Waals surface area contributed by atoms with Crippen LogP contribution in [0.2, 0.25) is 0 Å². The van der Waals surface area contributed by atoms with Crippen LogP contribution in [0.15, 0.2) is 66.9 Å². The maximum absolute atomic E-state index is 13.9. The van der Waals surface area contributed by atoms with Gasteiger partial charge in [0.2, 0.25) is 0 Å². The predicted molar refractivity (Wildman–Crippen MR) is 94.4 cm³/mol. The van der Waals surface area contributed by atoms with Crippen LogP contribution in [0.5, 0.6) is 5.75 Å². The molecule has 0 aliphatic heterocycles. The van der Waals surface area contributed by atoms with Crippen LogP contribution in [0, 0.1) is 0 Å². The second-order valence-corrected chi connectivity index (χ2v) is 8.66. The van der Waals surface area contributed by atoms with Gasteiger partial charge in [0.25, 0.3) is 0 Å². The second kappa shape index (κ2) is 6.83. The quantitative estimate of drug-likeness (QED) is 0.579. The molecule has 114 valence electrons. The van der Waals surface area contributed by atoms with E-state index < -0.39 is 7.14 Å². The third-order valence-corrected chi connectivity index (χ3v) is 7.29. The molecule has 22 heavy (non-hydrogen) atoms. The minimum atomic E-state index is -2.85. The highest BCUT2D eigenvalue weighted by Gasteiger charge is 2.34. The Morgan fingerprint density at radius 1 is 1.14 bits per heavy atom. The molecule has 3 heteroatoms. The van der Waals surface area contributed by atoms with Crippen LogP contribution >= 0.6 is 7.14 Å². The fourth-order valence-corrected chi connectivity index (χ4v) is 5.27. The van der Waals surface area contributed by atoms with Crippen molar-refractivity contribution in [1.82, 2.24) is 0 Å². The molecule has 0 spiro atoms. The van der Waals surface area contributed by atoms with Gasteiger partial charge in [-0.25, -0.2) is 0 Å². The standard InChI is InChI=1S/C19H21O2P/c1-5-19(16-10-7-6-8-11-16)22(20,15(2)3)18-13-9-12-17(14-18)21-4/h6-15H,1H2,2-4H3/t22-/m0/s1. The smallest absolute Gasteiger partial charge is 0.153 e. The second-order valence-electron chi connectivity index (χ2n) is 5.34. The molecule has 0 unspecified atom stereocenters. The first-order chi connectivity index (χ1) is 10.5. The Bertz CT molecular complexity index is 741. The number of hydrogen-bond acceptors (Lipinski definition) is 2. The van der Waals surface area contributed by atoms with Gasteiger partial charge in [0.1, 0.15) is 5.75 Å². The summed E-state index contributed by atoms with van der Waals surface area (Å²) in [6.07, 6.45) is 0. The van der Waals surface area contributed by atoms with E-state index in [0.717, 1.165) is 10.9 Å². The maximum Gasteiger partial charge on any atom is 0.153 e. The minimum absolute atomic E-state index is 0.0518. The summed E-state index contributed by atoms with van der Waals surface area (Å²) < 4.78 is 19.2. The SMILES string of the molecule is C=C=C(c1ccccc1)[P@@](=O)(c1cccc(OC)c1)C(C)C. The molecule has 2 rings (SSSR count). The van der Waals surface area contributed by atoms with Crippen LogP contribution in [-0.4, -0.2) is 12.8 Å². The molecule has 0 aromatic heterocycles. The van der Waals surface area contributed by atoms with Crippen LogP contribution in [0.3, 0.4) is 0 Å². The lowest BCUT2D eigenvalue weighted by molar-refractivity contribution is 0.415. The molecular weight excluding hydrogens is 291 g/mol. The molecule has 0 amide bonds. The van der Waals surface area contributed by atoms with Crippen molar-refractivity contribution >= 4 is 17.8 Å². The van der Waals surface area contributed by atoms with Crippen molar-refractivity contribution in [2.75, 3.05) is 7.11 Å². The normalized spacial score (nSPS) is 13.3. The molecule has 0 saturated heterocycles. The van der Waals surface area contributed by atoms with Crippen molar-refractivity contribution in [1.29, 1.82) is 0 Å². The molecule has 0 bridgehead atoms. The highest BCUT2D eigenvalue weighted by Crippen LogP contribution is 2.60. The van der Waals surface area contributed by atoms with Gasteiger partial charge in [0.05, 0.1) is 12.4 Å². The van der Waals surface area contributed by atoms with Crippen LogP contribution < -0.4 is 10.0 Å². The molecular formula is C19H21O2P. The van der Waals surface area contributed by atoms with Gasteiger partial charge in [0, 0.05) is 11.0 Å². The molecule has 0 saturated carbocycles. The number of methoxy groups -OCH3 is 1. The van der Waals surface area contributed by atoms with E-state index in [2.05, 4.69) is 12.3 Å². The van der Waals surface area contributed by atoms with Crippen LogP contribution in [-0.2, 0) is 4.57 Å². The summed E-state index contributed by atoms with van der Waals surface area (Å²) in [5, 5.41) is 1.45. The summed E-state index contributed by atoms with van der Waals surface area (Å²) in [6, 6.07) is 17.2. The first kappa shape index (κ1) is 16.4. The van der Waals surface area contributed by atoms with E-state index in [1.165, 1.54) is 0 Å². The van der Waals surface area contributed by atoms with Gasteiger partial charge >= 0.3 is 0 Å². The van der Waals surface area contributed by atoms with Gasteiger partial charge in [0.15, 0.2) is 7.14 Å². The van der Waals surface area contributed by atoms with E-state index >= 15 is 0 Å². The Hall–Kier alpha value is -2.01. The predicted octanol–water partition coefficient (Wildman–Crippen LogP) is 4.92. The third-order valence-electron chi connectivity index (χ3n) is 3.71. The van der Waals surface area contributed by atoms with Crippen molar-refractivity contribution < 1.29 is 9.30 Å².